The van der Waals surface area contributed by atoms with Gasteiger partial charge in [-0.3, -0.25) is 0 Å². The topological polar surface area (TPSA) is 26.2 Å². The second kappa shape index (κ2) is 15.5. The predicted molar refractivity (Wildman–Crippen MR) is 312 cm³/mol. The van der Waals surface area contributed by atoms with Crippen LogP contribution in [0.5, 0.6) is 0 Å². The Balaban J connectivity index is 1.27. The minimum Gasteiger partial charge on any atom is -0.465 e. The Morgan fingerprint density at radius 3 is 1.58 bits per heavy atom. The summed E-state index contributed by atoms with van der Waals surface area (Å²) in [6.07, 6.45) is 0. The van der Waals surface area contributed by atoms with Crippen LogP contribution in [0.15, 0.2) is 174 Å². The molecule has 0 fully saturated rings. The molecule has 5 heteroatoms. The van der Waals surface area contributed by atoms with Gasteiger partial charge in [0.1, 0.15) is 11.4 Å². The van der Waals surface area contributed by atoms with E-state index in [9.17, 15) is 0 Å². The molecule has 0 aliphatic carbocycles. The first-order valence-electron chi connectivity index (χ1n) is 26.3. The van der Waals surface area contributed by atoms with Crippen LogP contribution < -0.4 is 16.0 Å². The maximum atomic E-state index is 7.80. The zero-order valence-corrected chi connectivity index (χ0v) is 44.5. The fourth-order valence-corrected chi connectivity index (χ4v) is 12.1. The van der Waals surface area contributed by atoms with Crippen LogP contribution in [0.4, 0.5) is 17.1 Å². The highest BCUT2D eigenvalue weighted by atomic mass is 16.3. The van der Waals surface area contributed by atoms with E-state index < -0.39 is 0 Å². The van der Waals surface area contributed by atoms with Crippen molar-refractivity contribution in [3.63, 3.8) is 0 Å². The van der Waals surface area contributed by atoms with Gasteiger partial charge in [0.25, 0.3) is 0 Å². The molecule has 0 unspecified atom stereocenters. The third kappa shape index (κ3) is 6.80. The van der Waals surface area contributed by atoms with Gasteiger partial charge in [0, 0.05) is 60.8 Å². The maximum absolute atomic E-state index is 7.80. The van der Waals surface area contributed by atoms with E-state index in [0.29, 0.717) is 0 Å². The standard InChI is InChI=1S/C68H64BN3O/c1-65(2,3)43-28-32-48(33-29-43)71-56-39-46(68(10,11)12)38-50-52-40-51-49-36-44(66(4,5)6)30-34-54(49)70(47-26-20-15-21-27-47)60(51)58-53-37-45(67(7,8)9)31-35-55(53)72(61(52)58)69(59(50)56)64-62(71)57(41-22-16-13-17-23-41)63(73-64)42-24-18-14-19-25-42/h13-40H,1-12H3. The number of hydrogen-bond donors (Lipinski definition) is 0. The predicted octanol–water partition coefficient (Wildman–Crippen LogP) is 17.4. The van der Waals surface area contributed by atoms with Gasteiger partial charge in [-0.2, -0.15) is 0 Å². The first kappa shape index (κ1) is 45.4. The molecule has 73 heavy (non-hydrogen) atoms. The number of rotatable bonds is 4. The number of para-hydroxylation sites is 1. The number of aromatic nitrogens is 2. The summed E-state index contributed by atoms with van der Waals surface area (Å²) in [7, 11) is 0. The summed E-state index contributed by atoms with van der Waals surface area (Å²) in [5.74, 6) is 0.876. The highest BCUT2D eigenvalue weighted by Gasteiger charge is 2.49. The third-order valence-electron chi connectivity index (χ3n) is 16.1. The first-order valence-corrected chi connectivity index (χ1v) is 26.3. The minimum atomic E-state index is -0.300. The molecule has 0 radical (unpaired) electrons. The van der Waals surface area contributed by atoms with Crippen molar-refractivity contribution in [1.82, 2.24) is 9.05 Å². The van der Waals surface area contributed by atoms with Crippen LogP contribution in [0.25, 0.3) is 82.9 Å². The largest absolute Gasteiger partial charge is 0.465 e. The Morgan fingerprint density at radius 2 is 0.973 bits per heavy atom. The summed E-state index contributed by atoms with van der Waals surface area (Å²) >= 11 is 0. The number of fused-ring (bicyclic) bond motifs is 11. The molecule has 4 nitrogen and oxygen atoms in total. The van der Waals surface area contributed by atoms with E-state index in [1.807, 2.05) is 0 Å². The quantitative estimate of drug-likeness (QED) is 0.164. The smallest absolute Gasteiger partial charge is 0.375 e. The molecule has 0 N–H and O–H groups in total. The van der Waals surface area contributed by atoms with Crippen molar-refractivity contribution in [3.8, 4) is 39.3 Å². The molecule has 360 valence electrons. The van der Waals surface area contributed by atoms with Gasteiger partial charge in [-0.05, 0) is 121 Å². The molecule has 2 aliphatic heterocycles. The van der Waals surface area contributed by atoms with Crippen LogP contribution in [0.1, 0.15) is 105 Å². The maximum Gasteiger partial charge on any atom is 0.375 e. The normalized spacial score (nSPS) is 13.7. The molecule has 5 heterocycles. The second-order valence-electron chi connectivity index (χ2n) is 25.0. The second-order valence-corrected chi connectivity index (χ2v) is 25.0. The average Bonchev–Trinajstić information content (AvgIpc) is 4.03. The van der Waals surface area contributed by atoms with Crippen molar-refractivity contribution in [2.75, 3.05) is 4.90 Å². The molecule has 13 rings (SSSR count). The molecule has 0 atom stereocenters. The van der Waals surface area contributed by atoms with E-state index in [0.717, 1.165) is 45.2 Å². The molecule has 0 amide bonds. The van der Waals surface area contributed by atoms with Crippen LogP contribution in [-0.4, -0.2) is 15.9 Å². The summed E-state index contributed by atoms with van der Waals surface area (Å²) in [4.78, 5) is 2.56. The fourth-order valence-electron chi connectivity index (χ4n) is 12.1. The van der Waals surface area contributed by atoms with E-state index in [1.165, 1.54) is 88.1 Å². The van der Waals surface area contributed by atoms with Crippen LogP contribution in [0, 0.1) is 0 Å². The van der Waals surface area contributed by atoms with E-state index in [2.05, 4.69) is 267 Å². The monoisotopic (exact) mass is 950 g/mol. The van der Waals surface area contributed by atoms with Crippen molar-refractivity contribution < 1.29 is 4.42 Å². The first-order chi connectivity index (χ1) is 34.8. The molecule has 0 spiro atoms. The summed E-state index contributed by atoms with van der Waals surface area (Å²) in [6.45, 7) is 27.7. The SMILES string of the molecule is CC(C)(C)c1ccc(N2c3cc(C(C)(C)C)cc4c3B(c3oc(-c5ccccc5)c(-c5ccccc5)c32)n2c3ccc(C(C)(C)C)cc3c3c2c-4cc2c4cc(C(C)(C)C)ccc4n(-c4ccccc4)c23)cc1. The molecule has 0 saturated heterocycles. The van der Waals surface area contributed by atoms with Crippen LogP contribution in [-0.2, 0) is 21.7 Å². The molecular weight excluding hydrogens is 886 g/mol. The lowest BCUT2D eigenvalue weighted by Gasteiger charge is -2.40. The Labute approximate surface area is 431 Å². The van der Waals surface area contributed by atoms with Gasteiger partial charge >= 0.3 is 6.85 Å². The van der Waals surface area contributed by atoms with Gasteiger partial charge < -0.3 is 18.4 Å². The molecule has 11 aromatic rings. The van der Waals surface area contributed by atoms with Gasteiger partial charge in [-0.25, -0.2) is 0 Å². The van der Waals surface area contributed by atoms with Crippen molar-refractivity contribution >= 4 is 78.6 Å². The Morgan fingerprint density at radius 1 is 0.425 bits per heavy atom. The lowest BCUT2D eigenvalue weighted by atomic mass is 9.47. The molecule has 8 aromatic carbocycles. The van der Waals surface area contributed by atoms with E-state index >= 15 is 0 Å². The van der Waals surface area contributed by atoms with E-state index in [1.54, 1.807) is 0 Å². The van der Waals surface area contributed by atoms with Crippen LogP contribution in [0.3, 0.4) is 0 Å². The molecule has 0 bridgehead atoms. The zero-order chi connectivity index (χ0) is 50.7. The van der Waals surface area contributed by atoms with Crippen molar-refractivity contribution in [2.45, 2.75) is 105 Å². The number of furan rings is 1. The summed E-state index contributed by atoms with van der Waals surface area (Å²) < 4.78 is 13.0. The molecule has 2 aliphatic rings. The summed E-state index contributed by atoms with van der Waals surface area (Å²) in [5, 5.41) is 5.08. The minimum absolute atomic E-state index is 0.00660. The Kier molecular flexibility index (Phi) is 9.64. The summed E-state index contributed by atoms with van der Waals surface area (Å²) in [5.41, 5.74) is 22.4. The molecule has 3 aromatic heterocycles. The van der Waals surface area contributed by atoms with Crippen molar-refractivity contribution in [3.05, 3.63) is 192 Å². The highest BCUT2D eigenvalue weighted by molar-refractivity contribution is 6.89. The zero-order valence-electron chi connectivity index (χ0n) is 44.5. The van der Waals surface area contributed by atoms with Crippen LogP contribution in [0.2, 0.25) is 0 Å². The van der Waals surface area contributed by atoms with Gasteiger partial charge in [0.15, 0.2) is 0 Å². The van der Waals surface area contributed by atoms with Crippen molar-refractivity contribution in [2.24, 2.45) is 0 Å². The summed E-state index contributed by atoms with van der Waals surface area (Å²) in [6, 6.07) is 64.2. The highest BCUT2D eigenvalue weighted by Crippen LogP contribution is 2.54. The molecule has 0 saturated carbocycles. The number of nitrogens with zero attached hydrogens (tertiary/aromatic N) is 3. The van der Waals surface area contributed by atoms with Crippen molar-refractivity contribution in [1.29, 1.82) is 0 Å². The fraction of sp³-hybridized carbons (Fsp3) is 0.235. The van der Waals surface area contributed by atoms with Gasteiger partial charge in [0.2, 0.25) is 0 Å². The lowest BCUT2D eigenvalue weighted by molar-refractivity contribution is 0.590. The van der Waals surface area contributed by atoms with Crippen LogP contribution >= 0.6 is 0 Å². The average molecular weight is 950 g/mol. The number of anilines is 3. The number of benzene rings is 8. The third-order valence-corrected chi connectivity index (χ3v) is 16.1. The molecular formula is C68H64BN3O. The van der Waals surface area contributed by atoms with Gasteiger partial charge in [-0.15, -0.1) is 0 Å². The Hall–Kier alpha value is -7.50. The lowest BCUT2D eigenvalue weighted by Crippen LogP contribution is -2.56. The van der Waals surface area contributed by atoms with Gasteiger partial charge in [0.05, 0.1) is 22.3 Å². The van der Waals surface area contributed by atoms with Gasteiger partial charge in [-0.1, -0.05) is 192 Å². The number of hydrogen-bond acceptors (Lipinski definition) is 2. The van der Waals surface area contributed by atoms with E-state index in [-0.39, 0.29) is 28.5 Å². The Bertz CT molecular complexity index is 4030. The van der Waals surface area contributed by atoms with E-state index in [4.69, 9.17) is 4.42 Å².